The van der Waals surface area contributed by atoms with Crippen LogP contribution in [0.25, 0.3) is 0 Å². The Labute approximate surface area is 180 Å². The molecule has 2 aromatic rings. The average Bonchev–Trinajstić information content (AvgIpc) is 3.07. The third kappa shape index (κ3) is 6.25. The molecule has 2 amide bonds. The summed E-state index contributed by atoms with van der Waals surface area (Å²) in [7, 11) is -2.48. The molecule has 0 aliphatic heterocycles. The fourth-order valence-electron chi connectivity index (χ4n) is 2.62. The predicted molar refractivity (Wildman–Crippen MR) is 114 cm³/mol. The summed E-state index contributed by atoms with van der Waals surface area (Å²) >= 11 is 1.47. The molecule has 1 heterocycles. The quantitative estimate of drug-likeness (QED) is 0.492. The lowest BCUT2D eigenvalue weighted by Crippen LogP contribution is -2.52. The minimum atomic E-state index is -3.96. The molecule has 0 aliphatic carbocycles. The standard InChI is InChI=1S/C19H25N3O6S2/c1-12-11-16(13(2)28-12)18(23)20-21-19(24)17(9-10-29-4)22-30(25,26)15-7-5-14(27-3)6-8-15/h5-8,11,17,22H,9-10H2,1-4H3,(H,20,23)(H,21,24)/t17-/m0/s1. The molecule has 0 radical (unpaired) electrons. The number of rotatable bonds is 9. The summed E-state index contributed by atoms with van der Waals surface area (Å²) in [5, 5.41) is 0. The molecule has 1 aromatic heterocycles. The van der Waals surface area contributed by atoms with Crippen LogP contribution in [0.1, 0.15) is 28.3 Å². The molecular weight excluding hydrogens is 430 g/mol. The fraction of sp³-hybridized carbons (Fsp3) is 0.368. The van der Waals surface area contributed by atoms with E-state index in [1.54, 1.807) is 19.9 Å². The molecule has 9 nitrogen and oxygen atoms in total. The van der Waals surface area contributed by atoms with Crippen LogP contribution in [0.5, 0.6) is 5.75 Å². The van der Waals surface area contributed by atoms with E-state index in [1.165, 1.54) is 43.1 Å². The van der Waals surface area contributed by atoms with Crippen LogP contribution < -0.4 is 20.3 Å². The van der Waals surface area contributed by atoms with Crippen molar-refractivity contribution in [1.82, 2.24) is 15.6 Å². The molecule has 1 atom stereocenters. The van der Waals surface area contributed by atoms with E-state index in [-0.39, 0.29) is 16.9 Å². The second-order valence-corrected chi connectivity index (χ2v) is 9.10. The first-order valence-electron chi connectivity index (χ1n) is 9.00. The highest BCUT2D eigenvalue weighted by Crippen LogP contribution is 2.16. The maximum absolute atomic E-state index is 12.7. The van der Waals surface area contributed by atoms with Crippen molar-refractivity contribution in [3.8, 4) is 5.75 Å². The number of furan rings is 1. The Kier molecular flexibility index (Phi) is 8.33. The lowest BCUT2D eigenvalue weighted by atomic mass is 10.2. The van der Waals surface area contributed by atoms with Gasteiger partial charge in [0.05, 0.1) is 17.6 Å². The van der Waals surface area contributed by atoms with Crippen LogP contribution in [0, 0.1) is 13.8 Å². The Balaban J connectivity index is 2.08. The first kappa shape index (κ1) is 23.8. The minimum Gasteiger partial charge on any atom is -0.497 e. The van der Waals surface area contributed by atoms with Gasteiger partial charge in [-0.15, -0.1) is 0 Å². The Morgan fingerprint density at radius 2 is 1.83 bits per heavy atom. The Hall–Kier alpha value is -2.50. The number of hydrazine groups is 1. The third-order valence-corrected chi connectivity index (χ3v) is 6.31. The number of hydrogen-bond donors (Lipinski definition) is 3. The van der Waals surface area contributed by atoms with Crippen molar-refractivity contribution in [3.05, 3.63) is 47.4 Å². The highest BCUT2D eigenvalue weighted by Gasteiger charge is 2.26. The van der Waals surface area contributed by atoms with Crippen molar-refractivity contribution in [1.29, 1.82) is 0 Å². The van der Waals surface area contributed by atoms with E-state index in [4.69, 9.17) is 9.15 Å². The molecule has 0 saturated heterocycles. The number of nitrogens with one attached hydrogen (secondary N) is 3. The van der Waals surface area contributed by atoms with Gasteiger partial charge in [-0.2, -0.15) is 16.5 Å². The largest absolute Gasteiger partial charge is 0.497 e. The third-order valence-electron chi connectivity index (χ3n) is 4.18. The summed E-state index contributed by atoms with van der Waals surface area (Å²) in [5.41, 5.74) is 4.86. The highest BCUT2D eigenvalue weighted by molar-refractivity contribution is 7.98. The van der Waals surface area contributed by atoms with E-state index in [9.17, 15) is 18.0 Å². The van der Waals surface area contributed by atoms with Gasteiger partial charge in [0, 0.05) is 0 Å². The molecule has 0 saturated carbocycles. The number of ether oxygens (including phenoxy) is 1. The van der Waals surface area contributed by atoms with Gasteiger partial charge in [-0.3, -0.25) is 20.4 Å². The van der Waals surface area contributed by atoms with Crippen molar-refractivity contribution < 1.29 is 27.2 Å². The lowest BCUT2D eigenvalue weighted by molar-refractivity contribution is -0.123. The summed E-state index contributed by atoms with van der Waals surface area (Å²) in [4.78, 5) is 24.8. The second-order valence-electron chi connectivity index (χ2n) is 6.40. The van der Waals surface area contributed by atoms with E-state index in [0.717, 1.165) is 0 Å². The molecule has 30 heavy (non-hydrogen) atoms. The van der Waals surface area contributed by atoms with Gasteiger partial charge in [-0.1, -0.05) is 0 Å². The molecule has 2 rings (SSSR count). The van der Waals surface area contributed by atoms with Crippen molar-refractivity contribution in [2.45, 2.75) is 31.2 Å². The maximum Gasteiger partial charge on any atom is 0.273 e. The molecule has 3 N–H and O–H groups in total. The van der Waals surface area contributed by atoms with Gasteiger partial charge in [-0.25, -0.2) is 8.42 Å². The summed E-state index contributed by atoms with van der Waals surface area (Å²) in [6.45, 7) is 3.34. The molecule has 164 valence electrons. The Bertz CT molecular complexity index is 986. The number of hydrogen-bond acceptors (Lipinski definition) is 7. The number of benzene rings is 1. The molecule has 0 bridgehead atoms. The summed E-state index contributed by atoms with van der Waals surface area (Å²) in [5.74, 6) is 0.800. The molecule has 0 spiro atoms. The Morgan fingerprint density at radius 1 is 1.17 bits per heavy atom. The van der Waals surface area contributed by atoms with Gasteiger partial charge < -0.3 is 9.15 Å². The lowest BCUT2D eigenvalue weighted by Gasteiger charge is -2.18. The van der Waals surface area contributed by atoms with Gasteiger partial charge in [0.25, 0.3) is 11.8 Å². The van der Waals surface area contributed by atoms with Crippen LogP contribution in [0.2, 0.25) is 0 Å². The predicted octanol–water partition coefficient (Wildman–Crippen LogP) is 1.77. The van der Waals surface area contributed by atoms with Crippen molar-refractivity contribution in [3.63, 3.8) is 0 Å². The zero-order valence-electron chi connectivity index (χ0n) is 17.1. The van der Waals surface area contributed by atoms with Gasteiger partial charge in [0.15, 0.2) is 0 Å². The van der Waals surface area contributed by atoms with Crippen LogP contribution >= 0.6 is 11.8 Å². The number of amides is 2. The number of carbonyl (C=O) groups excluding carboxylic acids is 2. The van der Waals surface area contributed by atoms with Crippen LogP contribution in [-0.4, -0.2) is 45.4 Å². The first-order valence-corrected chi connectivity index (χ1v) is 11.9. The first-order chi connectivity index (χ1) is 14.2. The van der Waals surface area contributed by atoms with Crippen LogP contribution in [0.4, 0.5) is 0 Å². The summed E-state index contributed by atoms with van der Waals surface area (Å²) < 4.78 is 38.1. The molecular formula is C19H25N3O6S2. The smallest absolute Gasteiger partial charge is 0.273 e. The van der Waals surface area contributed by atoms with Crippen LogP contribution in [-0.2, 0) is 14.8 Å². The molecule has 0 unspecified atom stereocenters. The number of thioether (sulfide) groups is 1. The molecule has 11 heteroatoms. The van der Waals surface area contributed by atoms with Gasteiger partial charge in [0.1, 0.15) is 23.3 Å². The van der Waals surface area contributed by atoms with E-state index in [0.29, 0.717) is 23.0 Å². The SMILES string of the molecule is COc1ccc(S(=O)(=O)N[C@@H](CCSC)C(=O)NNC(=O)c2cc(C)oc2C)cc1. The van der Waals surface area contributed by atoms with E-state index < -0.39 is 27.9 Å². The van der Waals surface area contributed by atoms with Gasteiger partial charge in [0.2, 0.25) is 10.0 Å². The fourth-order valence-corrected chi connectivity index (χ4v) is 4.32. The number of methoxy groups -OCH3 is 1. The topological polar surface area (TPSA) is 127 Å². The minimum absolute atomic E-state index is 0.00113. The molecule has 1 aromatic carbocycles. The van der Waals surface area contributed by atoms with E-state index >= 15 is 0 Å². The van der Waals surface area contributed by atoms with E-state index in [2.05, 4.69) is 15.6 Å². The maximum atomic E-state index is 12.7. The molecule has 0 aliphatic rings. The zero-order chi connectivity index (χ0) is 22.3. The van der Waals surface area contributed by atoms with Crippen molar-refractivity contribution >= 4 is 33.6 Å². The molecule has 0 fully saturated rings. The average molecular weight is 456 g/mol. The number of carbonyl (C=O) groups is 2. The van der Waals surface area contributed by atoms with Gasteiger partial charge >= 0.3 is 0 Å². The highest BCUT2D eigenvalue weighted by atomic mass is 32.2. The normalized spacial score (nSPS) is 12.3. The summed E-state index contributed by atoms with van der Waals surface area (Å²) in [6.07, 6.45) is 2.08. The van der Waals surface area contributed by atoms with E-state index in [1.807, 2.05) is 6.26 Å². The summed E-state index contributed by atoms with van der Waals surface area (Å²) in [6, 6.07) is 6.28. The number of aryl methyl sites for hydroxylation is 2. The van der Waals surface area contributed by atoms with Crippen molar-refractivity contribution in [2.75, 3.05) is 19.1 Å². The number of sulfonamides is 1. The monoisotopic (exact) mass is 455 g/mol. The van der Waals surface area contributed by atoms with Crippen LogP contribution in [0.15, 0.2) is 39.6 Å². The van der Waals surface area contributed by atoms with Crippen molar-refractivity contribution in [2.24, 2.45) is 0 Å². The van der Waals surface area contributed by atoms with Crippen LogP contribution in [0.3, 0.4) is 0 Å². The van der Waals surface area contributed by atoms with Gasteiger partial charge in [-0.05, 0) is 62.6 Å². The zero-order valence-corrected chi connectivity index (χ0v) is 18.8. The Morgan fingerprint density at radius 3 is 2.37 bits per heavy atom. The second kappa shape index (κ2) is 10.5.